The van der Waals surface area contributed by atoms with Crippen molar-refractivity contribution in [2.24, 2.45) is 0 Å². The van der Waals surface area contributed by atoms with Crippen molar-refractivity contribution in [1.29, 1.82) is 0 Å². The topological polar surface area (TPSA) is 58.6 Å². The van der Waals surface area contributed by atoms with Gasteiger partial charge in [-0.15, -0.1) is 11.3 Å². The number of aromatic nitrogens is 2. The summed E-state index contributed by atoms with van der Waals surface area (Å²) in [6.45, 7) is 5.23. The Morgan fingerprint density at radius 1 is 1.17 bits per heavy atom. The average Bonchev–Trinajstić information content (AvgIpc) is 3.07. The van der Waals surface area contributed by atoms with Crippen molar-refractivity contribution in [3.63, 3.8) is 0 Å². The monoisotopic (exact) mass is 410 g/mol. The van der Waals surface area contributed by atoms with Crippen LogP contribution in [0.5, 0.6) is 0 Å². The molecule has 0 saturated carbocycles. The second kappa shape index (κ2) is 8.88. The summed E-state index contributed by atoms with van der Waals surface area (Å²) in [6.07, 6.45) is 1.91. The van der Waals surface area contributed by atoms with Crippen LogP contribution < -0.4 is 4.90 Å². The van der Waals surface area contributed by atoms with Crippen LogP contribution in [0, 0.1) is 0 Å². The predicted octanol–water partition coefficient (Wildman–Crippen LogP) is 3.95. The fourth-order valence-electron chi connectivity index (χ4n) is 3.83. The maximum Gasteiger partial charge on any atom is 0.242 e. The number of hydrogen-bond donors (Lipinski definition) is 0. The van der Waals surface area contributed by atoms with Gasteiger partial charge in [-0.1, -0.05) is 37.3 Å². The van der Waals surface area contributed by atoms with E-state index in [-0.39, 0.29) is 5.91 Å². The van der Waals surface area contributed by atoms with Crippen LogP contribution in [-0.4, -0.2) is 54.1 Å². The van der Waals surface area contributed by atoms with E-state index >= 15 is 0 Å². The van der Waals surface area contributed by atoms with Crippen LogP contribution >= 0.6 is 11.3 Å². The van der Waals surface area contributed by atoms with Gasteiger partial charge in [-0.05, 0) is 18.4 Å². The van der Waals surface area contributed by atoms with E-state index in [9.17, 15) is 4.79 Å². The van der Waals surface area contributed by atoms with Gasteiger partial charge in [0, 0.05) is 37.7 Å². The van der Waals surface area contributed by atoms with Crippen molar-refractivity contribution in [3.8, 4) is 11.1 Å². The molecular formula is C22H26N4O2S. The van der Waals surface area contributed by atoms with E-state index in [4.69, 9.17) is 14.7 Å². The molecule has 1 fully saturated rings. The molecule has 1 saturated heterocycles. The summed E-state index contributed by atoms with van der Waals surface area (Å²) in [5.74, 6) is 1.66. The number of thiophene rings is 1. The summed E-state index contributed by atoms with van der Waals surface area (Å²) in [5, 5.41) is 3.16. The first-order valence-electron chi connectivity index (χ1n) is 10.1. The number of hydrogen-bond acceptors (Lipinski definition) is 6. The molecule has 1 aromatic carbocycles. The zero-order chi connectivity index (χ0) is 20.2. The molecule has 3 heterocycles. The van der Waals surface area contributed by atoms with E-state index in [0.717, 1.165) is 59.6 Å². The fourth-order valence-corrected chi connectivity index (χ4v) is 4.79. The van der Waals surface area contributed by atoms with Crippen molar-refractivity contribution >= 4 is 33.3 Å². The Bertz CT molecular complexity index is 989. The standard InChI is InChI=1S/C22H26N4O2S/c1-3-10-25-11-7-12-26(13-19(25)27)21-20-17(16-8-5-4-6-9-16)15-29-22(20)24-18(23-21)14-28-2/h4-6,8-9,15H,3,7,10-14H2,1-2H3. The molecule has 6 nitrogen and oxygen atoms in total. The Labute approximate surface area is 175 Å². The van der Waals surface area contributed by atoms with Gasteiger partial charge in [0.25, 0.3) is 0 Å². The van der Waals surface area contributed by atoms with Gasteiger partial charge in [-0.2, -0.15) is 0 Å². The molecule has 152 valence electrons. The summed E-state index contributed by atoms with van der Waals surface area (Å²) in [6, 6.07) is 10.3. The quantitative estimate of drug-likeness (QED) is 0.616. The lowest BCUT2D eigenvalue weighted by Crippen LogP contribution is -2.37. The molecule has 0 spiro atoms. The minimum atomic E-state index is 0.167. The molecular weight excluding hydrogens is 384 g/mol. The molecule has 3 aromatic rings. The highest BCUT2D eigenvalue weighted by Crippen LogP contribution is 2.38. The molecule has 1 amide bonds. The van der Waals surface area contributed by atoms with Gasteiger partial charge in [-0.3, -0.25) is 4.79 Å². The largest absolute Gasteiger partial charge is 0.377 e. The smallest absolute Gasteiger partial charge is 0.242 e. The maximum absolute atomic E-state index is 12.8. The lowest BCUT2D eigenvalue weighted by molar-refractivity contribution is -0.129. The normalized spacial score (nSPS) is 15.2. The minimum Gasteiger partial charge on any atom is -0.377 e. The number of amides is 1. The zero-order valence-corrected chi connectivity index (χ0v) is 17.7. The average molecular weight is 411 g/mol. The van der Waals surface area contributed by atoms with Gasteiger partial charge in [0.2, 0.25) is 5.91 Å². The molecule has 4 rings (SSSR count). The highest BCUT2D eigenvalue weighted by atomic mass is 32.1. The third-order valence-corrected chi connectivity index (χ3v) is 6.02. The van der Waals surface area contributed by atoms with Crippen LogP contribution in [0.3, 0.4) is 0 Å². The Balaban J connectivity index is 1.81. The molecule has 0 unspecified atom stereocenters. The van der Waals surface area contributed by atoms with Crippen molar-refractivity contribution in [3.05, 3.63) is 41.5 Å². The number of fused-ring (bicyclic) bond motifs is 1. The molecule has 7 heteroatoms. The first kappa shape index (κ1) is 19.8. The maximum atomic E-state index is 12.8. The summed E-state index contributed by atoms with van der Waals surface area (Å²) in [5.41, 5.74) is 2.25. The van der Waals surface area contributed by atoms with E-state index in [1.807, 2.05) is 23.1 Å². The van der Waals surface area contributed by atoms with Crippen molar-refractivity contribution < 1.29 is 9.53 Å². The van der Waals surface area contributed by atoms with Gasteiger partial charge in [0.1, 0.15) is 17.3 Å². The molecule has 0 N–H and O–H groups in total. The lowest BCUT2D eigenvalue weighted by Gasteiger charge is -2.23. The molecule has 0 radical (unpaired) electrons. The zero-order valence-electron chi connectivity index (χ0n) is 16.9. The highest BCUT2D eigenvalue weighted by Gasteiger charge is 2.26. The van der Waals surface area contributed by atoms with E-state index in [1.54, 1.807) is 18.4 Å². The Morgan fingerprint density at radius 3 is 2.76 bits per heavy atom. The number of carbonyl (C=O) groups is 1. The second-order valence-electron chi connectivity index (χ2n) is 7.25. The summed E-state index contributed by atoms with van der Waals surface area (Å²) in [7, 11) is 1.65. The number of anilines is 1. The van der Waals surface area contributed by atoms with Crippen LogP contribution in [-0.2, 0) is 16.1 Å². The van der Waals surface area contributed by atoms with Gasteiger partial charge >= 0.3 is 0 Å². The lowest BCUT2D eigenvalue weighted by atomic mass is 10.1. The molecule has 0 atom stereocenters. The highest BCUT2D eigenvalue weighted by molar-refractivity contribution is 7.17. The van der Waals surface area contributed by atoms with Crippen LogP contribution in [0.1, 0.15) is 25.6 Å². The van der Waals surface area contributed by atoms with Crippen LogP contribution in [0.15, 0.2) is 35.7 Å². The van der Waals surface area contributed by atoms with Crippen LogP contribution in [0.2, 0.25) is 0 Å². The van der Waals surface area contributed by atoms with E-state index in [1.165, 1.54) is 0 Å². The molecule has 0 bridgehead atoms. The number of ether oxygens (including phenoxy) is 1. The van der Waals surface area contributed by atoms with Crippen molar-refractivity contribution in [2.75, 3.05) is 38.2 Å². The second-order valence-corrected chi connectivity index (χ2v) is 8.11. The third-order valence-electron chi connectivity index (χ3n) is 5.15. The van der Waals surface area contributed by atoms with Gasteiger partial charge < -0.3 is 14.5 Å². The number of rotatable bonds is 6. The third kappa shape index (κ3) is 4.11. The fraction of sp³-hybridized carbons (Fsp3) is 0.409. The van der Waals surface area contributed by atoms with Crippen LogP contribution in [0.25, 0.3) is 21.3 Å². The summed E-state index contributed by atoms with van der Waals surface area (Å²) >= 11 is 1.61. The minimum absolute atomic E-state index is 0.167. The van der Waals surface area contributed by atoms with Crippen molar-refractivity contribution in [2.45, 2.75) is 26.4 Å². The number of methoxy groups -OCH3 is 1. The number of carbonyl (C=O) groups excluding carboxylic acids is 1. The van der Waals surface area contributed by atoms with E-state index in [2.05, 4.69) is 29.3 Å². The summed E-state index contributed by atoms with van der Waals surface area (Å²) in [4.78, 5) is 27.4. The molecule has 2 aromatic heterocycles. The molecule has 29 heavy (non-hydrogen) atoms. The Hall–Kier alpha value is -2.51. The number of benzene rings is 1. The van der Waals surface area contributed by atoms with Gasteiger partial charge in [-0.25, -0.2) is 9.97 Å². The van der Waals surface area contributed by atoms with E-state index in [0.29, 0.717) is 19.0 Å². The van der Waals surface area contributed by atoms with E-state index < -0.39 is 0 Å². The SMILES string of the molecule is CCCN1CCCN(c2nc(COC)nc3scc(-c4ccccc4)c23)CC1=O. The molecule has 0 aliphatic carbocycles. The summed E-state index contributed by atoms with van der Waals surface area (Å²) < 4.78 is 5.29. The first-order valence-corrected chi connectivity index (χ1v) is 10.9. The molecule has 1 aliphatic rings. The Morgan fingerprint density at radius 2 is 2.00 bits per heavy atom. The van der Waals surface area contributed by atoms with Gasteiger partial charge in [0.15, 0.2) is 5.82 Å². The molecule has 1 aliphatic heterocycles. The van der Waals surface area contributed by atoms with Crippen molar-refractivity contribution in [1.82, 2.24) is 14.9 Å². The van der Waals surface area contributed by atoms with Crippen LogP contribution in [0.4, 0.5) is 5.82 Å². The predicted molar refractivity (Wildman–Crippen MR) is 117 cm³/mol. The number of nitrogens with zero attached hydrogens (tertiary/aromatic N) is 4. The Kier molecular flexibility index (Phi) is 6.06. The first-order chi connectivity index (χ1) is 14.2. The van der Waals surface area contributed by atoms with Gasteiger partial charge in [0.05, 0.1) is 11.9 Å².